The minimum atomic E-state index is -0.644. The fraction of sp³-hybridized carbons (Fsp3) is 0.409. The summed E-state index contributed by atoms with van der Waals surface area (Å²) in [5.41, 5.74) is 13.0. The highest BCUT2D eigenvalue weighted by atomic mass is 16.5. The molecule has 1 saturated carbocycles. The van der Waals surface area contributed by atoms with Gasteiger partial charge in [-0.15, -0.1) is 0 Å². The number of imidazole rings is 1. The molecule has 1 amide bonds. The van der Waals surface area contributed by atoms with Gasteiger partial charge in [-0.05, 0) is 25.7 Å². The predicted octanol–water partition coefficient (Wildman–Crippen LogP) is 3.01. The molecule has 170 valence electrons. The van der Waals surface area contributed by atoms with Gasteiger partial charge in [0, 0.05) is 36.3 Å². The smallest absolute Gasteiger partial charge is 0.256 e. The van der Waals surface area contributed by atoms with Gasteiger partial charge in [0.15, 0.2) is 11.5 Å². The zero-order chi connectivity index (χ0) is 22.7. The molecule has 10 heteroatoms. The monoisotopic (exact) mass is 439 g/mol. The van der Waals surface area contributed by atoms with Crippen molar-refractivity contribution >= 4 is 29.0 Å². The van der Waals surface area contributed by atoms with Gasteiger partial charge in [0.05, 0.1) is 19.9 Å². The summed E-state index contributed by atoms with van der Waals surface area (Å²) in [6.45, 7) is 0. The van der Waals surface area contributed by atoms with Crippen LogP contribution in [0.1, 0.15) is 48.9 Å². The van der Waals surface area contributed by atoms with Crippen LogP contribution in [0.15, 0.2) is 30.6 Å². The molecule has 0 saturated heterocycles. The van der Waals surface area contributed by atoms with E-state index in [4.69, 9.17) is 25.9 Å². The van der Waals surface area contributed by atoms with Gasteiger partial charge in [-0.3, -0.25) is 9.20 Å². The number of carbonyl (C=O) groups excluding carboxylic acids is 1. The van der Waals surface area contributed by atoms with Gasteiger partial charge in [0.2, 0.25) is 5.95 Å². The summed E-state index contributed by atoms with van der Waals surface area (Å²) >= 11 is 0. The highest BCUT2D eigenvalue weighted by molar-refractivity contribution is 6.04. The van der Waals surface area contributed by atoms with Crippen LogP contribution >= 0.6 is 0 Å². The Morgan fingerprint density at radius 2 is 1.75 bits per heavy atom. The van der Waals surface area contributed by atoms with Crippen molar-refractivity contribution in [2.75, 3.05) is 24.9 Å². The Labute approximate surface area is 186 Å². The molecule has 1 aromatic carbocycles. The Kier molecular flexibility index (Phi) is 6.04. The minimum Gasteiger partial charge on any atom is -0.497 e. The van der Waals surface area contributed by atoms with E-state index in [0.717, 1.165) is 25.7 Å². The molecule has 0 atom stereocenters. The van der Waals surface area contributed by atoms with E-state index >= 15 is 0 Å². The third kappa shape index (κ3) is 4.40. The number of primary amides is 1. The number of aromatic nitrogens is 3. The molecule has 2 aromatic heterocycles. The number of hydrogen-bond donors (Lipinski definition) is 4. The average Bonchev–Trinajstić information content (AvgIpc) is 3.15. The Morgan fingerprint density at radius 3 is 2.34 bits per heavy atom. The van der Waals surface area contributed by atoms with E-state index in [1.54, 1.807) is 49.2 Å². The molecule has 1 aliphatic rings. The Bertz CT molecular complexity index is 1100. The molecular weight excluding hydrogens is 410 g/mol. The first-order valence-corrected chi connectivity index (χ1v) is 10.7. The van der Waals surface area contributed by atoms with E-state index in [1.165, 1.54) is 12.8 Å². The summed E-state index contributed by atoms with van der Waals surface area (Å²) in [4.78, 5) is 21.4. The van der Waals surface area contributed by atoms with Gasteiger partial charge in [-0.25, -0.2) is 4.98 Å². The highest BCUT2D eigenvalue weighted by Crippen LogP contribution is 2.32. The number of nitrogens with zero attached hydrogens (tertiary/aromatic N) is 3. The van der Waals surface area contributed by atoms with E-state index in [0.29, 0.717) is 28.8 Å². The maximum atomic E-state index is 12.4. The summed E-state index contributed by atoms with van der Waals surface area (Å²) in [6, 6.07) is 5.30. The van der Waals surface area contributed by atoms with Gasteiger partial charge in [0.25, 0.3) is 5.91 Å². The molecule has 4 rings (SSSR count). The van der Waals surface area contributed by atoms with Gasteiger partial charge >= 0.3 is 0 Å². The third-order valence-corrected chi connectivity index (χ3v) is 5.76. The van der Waals surface area contributed by atoms with Crippen molar-refractivity contribution in [2.24, 2.45) is 11.5 Å². The molecule has 0 aliphatic heterocycles. The lowest BCUT2D eigenvalue weighted by atomic mass is 10.0. The van der Waals surface area contributed by atoms with Crippen LogP contribution in [0.5, 0.6) is 11.5 Å². The summed E-state index contributed by atoms with van der Waals surface area (Å²) in [6.07, 6.45) is 9.42. The van der Waals surface area contributed by atoms with Gasteiger partial charge in [-0.1, -0.05) is 12.8 Å². The van der Waals surface area contributed by atoms with Gasteiger partial charge < -0.3 is 31.6 Å². The van der Waals surface area contributed by atoms with Crippen LogP contribution < -0.4 is 31.6 Å². The maximum Gasteiger partial charge on any atom is 0.256 e. The van der Waals surface area contributed by atoms with Crippen LogP contribution in [0.3, 0.4) is 0 Å². The molecule has 10 nitrogen and oxygen atoms in total. The lowest BCUT2D eigenvalue weighted by Crippen LogP contribution is -2.48. The van der Waals surface area contributed by atoms with Crippen molar-refractivity contribution in [1.82, 2.24) is 14.4 Å². The zero-order valence-electron chi connectivity index (χ0n) is 18.4. The summed E-state index contributed by atoms with van der Waals surface area (Å²) in [7, 11) is 3.13. The SMILES string of the molecule is COc1cc(Nc2nc(NC3(N)CCCCCC3)n3ccnc3c2C(N)=O)cc(OC)c1. The Morgan fingerprint density at radius 1 is 1.09 bits per heavy atom. The first kappa shape index (κ1) is 21.7. The molecular formula is C22H29N7O3. The molecule has 0 spiro atoms. The van der Waals surface area contributed by atoms with Crippen molar-refractivity contribution < 1.29 is 14.3 Å². The summed E-state index contributed by atoms with van der Waals surface area (Å²) in [5.74, 6) is 1.30. The van der Waals surface area contributed by atoms with Crippen molar-refractivity contribution in [1.29, 1.82) is 0 Å². The summed E-state index contributed by atoms with van der Waals surface area (Å²) < 4.78 is 12.4. The van der Waals surface area contributed by atoms with Crippen LogP contribution in [0.2, 0.25) is 0 Å². The largest absolute Gasteiger partial charge is 0.497 e. The molecule has 2 heterocycles. The van der Waals surface area contributed by atoms with E-state index in [-0.39, 0.29) is 11.4 Å². The number of nitrogens with one attached hydrogen (secondary N) is 2. The number of methoxy groups -OCH3 is 2. The van der Waals surface area contributed by atoms with Crippen LogP contribution in [-0.2, 0) is 0 Å². The van der Waals surface area contributed by atoms with Gasteiger partial charge in [0.1, 0.15) is 17.1 Å². The third-order valence-electron chi connectivity index (χ3n) is 5.76. The number of amides is 1. The first-order valence-electron chi connectivity index (χ1n) is 10.7. The first-order chi connectivity index (χ1) is 15.4. The minimum absolute atomic E-state index is 0.175. The Balaban J connectivity index is 1.79. The number of hydrogen-bond acceptors (Lipinski definition) is 8. The molecule has 6 N–H and O–H groups in total. The molecule has 0 radical (unpaired) electrons. The lowest BCUT2D eigenvalue weighted by molar-refractivity contribution is 0.100. The van der Waals surface area contributed by atoms with Crippen molar-refractivity contribution in [2.45, 2.75) is 44.2 Å². The lowest BCUT2D eigenvalue weighted by Gasteiger charge is -2.30. The number of carbonyl (C=O) groups is 1. The van der Waals surface area contributed by atoms with E-state index < -0.39 is 11.6 Å². The molecule has 32 heavy (non-hydrogen) atoms. The number of ether oxygens (including phenoxy) is 2. The fourth-order valence-corrected chi connectivity index (χ4v) is 4.11. The van der Waals surface area contributed by atoms with E-state index in [2.05, 4.69) is 15.6 Å². The number of fused-ring (bicyclic) bond motifs is 1. The Hall–Kier alpha value is -3.53. The standard InChI is InChI=1S/C22H29N7O3/c1-31-15-11-14(12-16(13-15)32-2)26-19-17(18(23)30)20-25-9-10-29(20)21(27-19)28-22(24)7-5-3-4-6-8-22/h9-13,26H,3-8,24H2,1-2H3,(H2,23,30)(H,27,28). The predicted molar refractivity (Wildman–Crippen MR) is 123 cm³/mol. The van der Waals surface area contributed by atoms with E-state index in [9.17, 15) is 4.79 Å². The number of benzene rings is 1. The quantitative estimate of drug-likeness (QED) is 0.325. The maximum absolute atomic E-state index is 12.4. The molecule has 1 aliphatic carbocycles. The zero-order valence-corrected chi connectivity index (χ0v) is 18.4. The highest BCUT2D eigenvalue weighted by Gasteiger charge is 2.29. The van der Waals surface area contributed by atoms with Crippen LogP contribution in [0.4, 0.5) is 17.5 Å². The van der Waals surface area contributed by atoms with Crippen molar-refractivity contribution in [3.63, 3.8) is 0 Å². The normalized spacial score (nSPS) is 15.7. The average molecular weight is 440 g/mol. The van der Waals surface area contributed by atoms with Crippen molar-refractivity contribution in [3.8, 4) is 11.5 Å². The number of rotatable bonds is 7. The second kappa shape index (κ2) is 8.91. The topological polar surface area (TPSA) is 142 Å². The van der Waals surface area contributed by atoms with Gasteiger partial charge in [-0.2, -0.15) is 4.98 Å². The van der Waals surface area contributed by atoms with Crippen molar-refractivity contribution in [3.05, 3.63) is 36.2 Å². The molecule has 0 bridgehead atoms. The second-order valence-corrected chi connectivity index (χ2v) is 8.07. The van der Waals surface area contributed by atoms with Crippen LogP contribution in [-0.4, -0.2) is 40.2 Å². The van der Waals surface area contributed by atoms with Crippen LogP contribution in [0, 0.1) is 0 Å². The molecule has 1 fully saturated rings. The molecule has 3 aromatic rings. The fourth-order valence-electron chi connectivity index (χ4n) is 4.11. The number of anilines is 3. The summed E-state index contributed by atoms with van der Waals surface area (Å²) in [5, 5.41) is 6.59. The number of nitrogens with two attached hydrogens (primary N) is 2. The van der Waals surface area contributed by atoms with E-state index in [1.807, 2.05) is 0 Å². The van der Waals surface area contributed by atoms with Crippen LogP contribution in [0.25, 0.3) is 5.65 Å². The second-order valence-electron chi connectivity index (χ2n) is 8.07. The molecule has 0 unspecified atom stereocenters.